The smallest absolute Gasteiger partial charge is 0.282 e. The van der Waals surface area contributed by atoms with E-state index in [4.69, 9.17) is 0 Å². The van der Waals surface area contributed by atoms with E-state index in [0.29, 0.717) is 11.6 Å². The summed E-state index contributed by atoms with van der Waals surface area (Å²) in [5, 5.41) is 10.7. The average molecular weight is 335 g/mol. The van der Waals surface area contributed by atoms with Crippen LogP contribution in [0.1, 0.15) is 41.5 Å². The Morgan fingerprint density at radius 3 is 2.70 bits per heavy atom. The highest BCUT2D eigenvalue weighted by Gasteiger charge is 2.10. The van der Waals surface area contributed by atoms with Crippen LogP contribution in [0.3, 0.4) is 0 Å². The lowest BCUT2D eigenvalue weighted by molar-refractivity contribution is 0.0950. The van der Waals surface area contributed by atoms with Crippen molar-refractivity contribution >= 4 is 28.1 Å². The lowest BCUT2D eigenvalue weighted by Crippen LogP contribution is -2.18. The molecule has 20 heavy (non-hydrogen) atoms. The summed E-state index contributed by atoms with van der Waals surface area (Å²) < 4.78 is 0.997. The highest BCUT2D eigenvalue weighted by Crippen LogP contribution is 2.11. The zero-order valence-corrected chi connectivity index (χ0v) is 12.8. The van der Waals surface area contributed by atoms with E-state index in [1.807, 2.05) is 38.1 Å². The second kappa shape index (κ2) is 6.47. The topological polar surface area (TPSA) is 70.1 Å². The molecule has 1 aromatic carbocycles. The molecule has 1 aromatic heterocycles. The van der Waals surface area contributed by atoms with Crippen molar-refractivity contribution in [1.29, 1.82) is 0 Å². The summed E-state index contributed by atoms with van der Waals surface area (Å²) in [4.78, 5) is 11.8. The number of amides is 1. The van der Waals surface area contributed by atoms with Gasteiger partial charge in [-0.1, -0.05) is 41.9 Å². The van der Waals surface area contributed by atoms with Crippen LogP contribution in [-0.2, 0) is 0 Å². The number of hydrogen-bond acceptors (Lipinski definition) is 3. The van der Waals surface area contributed by atoms with Gasteiger partial charge in [0, 0.05) is 10.2 Å². The fourth-order valence-corrected chi connectivity index (χ4v) is 1.78. The van der Waals surface area contributed by atoms with Gasteiger partial charge in [-0.15, -0.1) is 0 Å². The van der Waals surface area contributed by atoms with Crippen molar-refractivity contribution in [3.05, 3.63) is 51.8 Å². The molecular formula is C14H15BrN4O. The third kappa shape index (κ3) is 3.77. The number of nitrogens with one attached hydrogen (secondary N) is 2. The molecule has 0 radical (unpaired) electrons. The molecule has 0 aliphatic heterocycles. The molecule has 104 valence electrons. The number of benzene rings is 1. The predicted octanol–water partition coefficient (Wildman–Crippen LogP) is 3.06. The number of aromatic amines is 1. The zero-order valence-electron chi connectivity index (χ0n) is 11.2. The summed E-state index contributed by atoms with van der Waals surface area (Å²) in [6, 6.07) is 9.34. The Labute approximate surface area is 125 Å². The maximum Gasteiger partial charge on any atom is 0.291 e. The minimum Gasteiger partial charge on any atom is -0.282 e. The maximum absolute atomic E-state index is 11.8. The molecule has 2 N–H and O–H groups in total. The van der Waals surface area contributed by atoms with E-state index in [-0.39, 0.29) is 5.91 Å². The Morgan fingerprint density at radius 1 is 1.40 bits per heavy atom. The first-order valence-electron chi connectivity index (χ1n) is 6.20. The van der Waals surface area contributed by atoms with Crippen LogP contribution in [0.5, 0.6) is 0 Å². The summed E-state index contributed by atoms with van der Waals surface area (Å²) in [7, 11) is 0. The van der Waals surface area contributed by atoms with Gasteiger partial charge in [-0.2, -0.15) is 10.2 Å². The highest BCUT2D eigenvalue weighted by molar-refractivity contribution is 9.10. The average Bonchev–Trinajstić information content (AvgIpc) is 2.91. The van der Waals surface area contributed by atoms with E-state index < -0.39 is 0 Å². The van der Waals surface area contributed by atoms with E-state index in [9.17, 15) is 4.79 Å². The Hall–Kier alpha value is -1.95. The van der Waals surface area contributed by atoms with Crippen molar-refractivity contribution < 1.29 is 4.79 Å². The number of carbonyl (C=O) groups excluding carboxylic acids is 1. The summed E-state index contributed by atoms with van der Waals surface area (Å²) in [5.41, 5.74) is 4.61. The molecule has 0 spiro atoms. The van der Waals surface area contributed by atoms with Crippen LogP contribution in [0.2, 0.25) is 0 Å². The number of H-pyrrole nitrogens is 1. The van der Waals surface area contributed by atoms with Gasteiger partial charge in [0.05, 0.1) is 6.21 Å². The van der Waals surface area contributed by atoms with Gasteiger partial charge in [-0.05, 0) is 29.7 Å². The number of carbonyl (C=O) groups is 1. The molecule has 6 heteroatoms. The van der Waals surface area contributed by atoms with Crippen LogP contribution >= 0.6 is 15.9 Å². The molecule has 0 saturated heterocycles. The molecule has 1 amide bonds. The van der Waals surface area contributed by atoms with Gasteiger partial charge < -0.3 is 0 Å². The summed E-state index contributed by atoms with van der Waals surface area (Å²) in [6.07, 6.45) is 1.58. The van der Waals surface area contributed by atoms with Crippen LogP contribution in [-0.4, -0.2) is 22.3 Å². The molecule has 0 atom stereocenters. The van der Waals surface area contributed by atoms with Crippen LogP contribution < -0.4 is 5.43 Å². The van der Waals surface area contributed by atoms with E-state index >= 15 is 0 Å². The van der Waals surface area contributed by atoms with E-state index in [0.717, 1.165) is 15.7 Å². The quantitative estimate of drug-likeness (QED) is 0.666. The first-order valence-corrected chi connectivity index (χ1v) is 7.00. The molecule has 0 aliphatic rings. The van der Waals surface area contributed by atoms with E-state index in [1.165, 1.54) is 0 Å². The van der Waals surface area contributed by atoms with Gasteiger partial charge in [0.15, 0.2) is 5.69 Å². The second-order valence-corrected chi connectivity index (χ2v) is 5.53. The number of halogens is 1. The molecule has 2 rings (SSSR count). The van der Waals surface area contributed by atoms with Crippen molar-refractivity contribution in [3.8, 4) is 0 Å². The first-order chi connectivity index (χ1) is 9.56. The molecule has 0 fully saturated rings. The molecule has 0 bridgehead atoms. The molecule has 0 saturated carbocycles. The van der Waals surface area contributed by atoms with Gasteiger partial charge >= 0.3 is 0 Å². The largest absolute Gasteiger partial charge is 0.291 e. The SMILES string of the molecule is CC(C)c1cc(C(=O)NN=Cc2ccc(Br)cc2)n[nH]1. The summed E-state index contributed by atoms with van der Waals surface area (Å²) in [5.74, 6) is -0.0307. The molecule has 1 heterocycles. The Balaban J connectivity index is 1.95. The third-order valence-corrected chi connectivity index (χ3v) is 3.23. The number of rotatable bonds is 4. The Kier molecular flexibility index (Phi) is 4.68. The zero-order chi connectivity index (χ0) is 14.5. The van der Waals surface area contributed by atoms with E-state index in [2.05, 4.69) is 36.7 Å². The minimum atomic E-state index is -0.332. The Bertz CT molecular complexity index is 616. The van der Waals surface area contributed by atoms with Gasteiger partial charge in [-0.3, -0.25) is 9.89 Å². The van der Waals surface area contributed by atoms with Crippen LogP contribution in [0, 0.1) is 0 Å². The fraction of sp³-hybridized carbons (Fsp3) is 0.214. The fourth-order valence-electron chi connectivity index (χ4n) is 1.52. The van der Waals surface area contributed by atoms with Crippen molar-refractivity contribution in [2.24, 2.45) is 5.10 Å². The monoisotopic (exact) mass is 334 g/mol. The highest BCUT2D eigenvalue weighted by atomic mass is 79.9. The van der Waals surface area contributed by atoms with Crippen molar-refractivity contribution in [3.63, 3.8) is 0 Å². The van der Waals surface area contributed by atoms with Crippen LogP contribution in [0.4, 0.5) is 0 Å². The van der Waals surface area contributed by atoms with Gasteiger partial charge in [-0.25, -0.2) is 5.43 Å². The predicted molar refractivity (Wildman–Crippen MR) is 81.9 cm³/mol. The molecule has 0 unspecified atom stereocenters. The standard InChI is InChI=1S/C14H15BrN4O/c1-9(2)12-7-13(18-17-12)14(20)19-16-8-10-3-5-11(15)6-4-10/h3-9H,1-2H3,(H,17,18)(H,19,20). The molecule has 5 nitrogen and oxygen atoms in total. The molecular weight excluding hydrogens is 320 g/mol. The first kappa shape index (κ1) is 14.5. The third-order valence-electron chi connectivity index (χ3n) is 2.70. The number of nitrogens with zero attached hydrogens (tertiary/aromatic N) is 2. The lowest BCUT2D eigenvalue weighted by atomic mass is 10.1. The number of hydrazone groups is 1. The van der Waals surface area contributed by atoms with Crippen molar-refractivity contribution in [2.75, 3.05) is 0 Å². The normalized spacial score (nSPS) is 11.2. The number of hydrogen-bond donors (Lipinski definition) is 2. The van der Waals surface area contributed by atoms with Crippen molar-refractivity contribution in [1.82, 2.24) is 15.6 Å². The van der Waals surface area contributed by atoms with E-state index in [1.54, 1.807) is 12.3 Å². The van der Waals surface area contributed by atoms with Gasteiger partial charge in [0.2, 0.25) is 0 Å². The lowest BCUT2D eigenvalue weighted by Gasteiger charge is -1.97. The van der Waals surface area contributed by atoms with Gasteiger partial charge in [0.25, 0.3) is 5.91 Å². The van der Waals surface area contributed by atoms with Crippen molar-refractivity contribution in [2.45, 2.75) is 19.8 Å². The number of aromatic nitrogens is 2. The summed E-state index contributed by atoms with van der Waals surface area (Å²) >= 11 is 3.36. The molecule has 0 aliphatic carbocycles. The Morgan fingerprint density at radius 2 is 2.10 bits per heavy atom. The minimum absolute atomic E-state index is 0.301. The van der Waals surface area contributed by atoms with Gasteiger partial charge in [0.1, 0.15) is 0 Å². The maximum atomic E-state index is 11.8. The van der Waals surface area contributed by atoms with Crippen LogP contribution in [0.25, 0.3) is 0 Å². The summed E-state index contributed by atoms with van der Waals surface area (Å²) in [6.45, 7) is 4.06. The second-order valence-electron chi connectivity index (χ2n) is 4.61. The van der Waals surface area contributed by atoms with Crippen LogP contribution in [0.15, 0.2) is 39.9 Å². The molecule has 2 aromatic rings.